The van der Waals surface area contributed by atoms with Gasteiger partial charge in [-0.15, -0.1) is 11.3 Å². The smallest absolute Gasteiger partial charge is 0.355 e. The van der Waals surface area contributed by atoms with Crippen molar-refractivity contribution in [2.75, 3.05) is 50.7 Å². The second kappa shape index (κ2) is 12.0. The Labute approximate surface area is 185 Å². The monoisotopic (exact) mass is 432 g/mol. The van der Waals surface area contributed by atoms with Gasteiger partial charge >= 0.3 is 5.97 Å². The number of benzene rings is 1. The van der Waals surface area contributed by atoms with E-state index in [0.29, 0.717) is 0 Å². The van der Waals surface area contributed by atoms with Gasteiger partial charge in [0.15, 0.2) is 10.8 Å². The first-order chi connectivity index (χ1) is 14.4. The second-order valence-electron chi connectivity index (χ2n) is 7.63. The minimum absolute atomic E-state index is 0.141. The molecule has 1 N–H and O–H groups in total. The number of carboxylic acid groups (broad SMARTS) is 1. The number of carboxylic acids is 1. The zero-order valence-electron chi connectivity index (χ0n) is 19.0. The van der Waals surface area contributed by atoms with Crippen LogP contribution in [0.3, 0.4) is 0 Å². The lowest BCUT2D eigenvalue weighted by atomic mass is 10.0. The van der Waals surface area contributed by atoms with E-state index in [0.717, 1.165) is 37.9 Å². The van der Waals surface area contributed by atoms with Gasteiger partial charge in [-0.3, -0.25) is 4.90 Å². The Hall–Kier alpha value is -1.96. The van der Waals surface area contributed by atoms with E-state index in [1.165, 1.54) is 47.7 Å². The van der Waals surface area contributed by atoms with E-state index in [-0.39, 0.29) is 5.69 Å². The molecule has 1 aromatic heterocycles. The van der Waals surface area contributed by atoms with Crippen molar-refractivity contribution in [3.8, 4) is 0 Å². The molecule has 0 radical (unpaired) electrons. The summed E-state index contributed by atoms with van der Waals surface area (Å²) in [4.78, 5) is 22.1. The van der Waals surface area contributed by atoms with E-state index in [9.17, 15) is 4.79 Å². The number of nitrogens with zero attached hydrogens (tertiary/aromatic N) is 4. The van der Waals surface area contributed by atoms with E-state index in [2.05, 4.69) is 72.5 Å². The van der Waals surface area contributed by atoms with Crippen molar-refractivity contribution >= 4 is 22.4 Å². The SMILES string of the molecule is CCN(CC)CC.Cc1ccc(C)c(CN2CCN(c3nc(C(=O)O)cs3)CC2)c1. The van der Waals surface area contributed by atoms with Crippen LogP contribution in [0, 0.1) is 13.8 Å². The van der Waals surface area contributed by atoms with Gasteiger partial charge in [0.2, 0.25) is 0 Å². The highest BCUT2D eigenvalue weighted by molar-refractivity contribution is 7.13. The molecule has 0 unspecified atom stereocenters. The van der Waals surface area contributed by atoms with Crippen molar-refractivity contribution < 1.29 is 9.90 Å². The summed E-state index contributed by atoms with van der Waals surface area (Å²) in [7, 11) is 0. The summed E-state index contributed by atoms with van der Waals surface area (Å²) in [5.74, 6) is -0.957. The van der Waals surface area contributed by atoms with Crippen LogP contribution in [0.2, 0.25) is 0 Å². The van der Waals surface area contributed by atoms with Gasteiger partial charge in [0, 0.05) is 38.1 Å². The summed E-state index contributed by atoms with van der Waals surface area (Å²) in [6.45, 7) is 19.1. The second-order valence-corrected chi connectivity index (χ2v) is 8.47. The number of hydrogen-bond donors (Lipinski definition) is 1. The van der Waals surface area contributed by atoms with Crippen LogP contribution in [-0.4, -0.2) is 71.7 Å². The maximum atomic E-state index is 10.9. The molecule has 0 spiro atoms. The topological polar surface area (TPSA) is 59.9 Å². The fourth-order valence-corrected chi connectivity index (χ4v) is 4.34. The number of aromatic carboxylic acids is 1. The molecule has 6 nitrogen and oxygen atoms in total. The Kier molecular flexibility index (Phi) is 9.75. The average Bonchev–Trinajstić information content (AvgIpc) is 3.24. The van der Waals surface area contributed by atoms with Crippen molar-refractivity contribution in [3.05, 3.63) is 46.0 Å². The number of thiazole rings is 1. The molecule has 0 aliphatic carbocycles. The lowest BCUT2D eigenvalue weighted by molar-refractivity contribution is 0.0691. The number of carbonyl (C=O) groups is 1. The minimum atomic E-state index is -0.957. The normalized spacial score (nSPS) is 14.5. The molecule has 3 rings (SSSR count). The molecule has 1 aromatic carbocycles. The Bertz CT molecular complexity index is 791. The quantitative estimate of drug-likeness (QED) is 0.710. The van der Waals surface area contributed by atoms with Crippen LogP contribution < -0.4 is 4.90 Å². The van der Waals surface area contributed by atoms with Gasteiger partial charge < -0.3 is 14.9 Å². The van der Waals surface area contributed by atoms with Crippen molar-refractivity contribution in [2.24, 2.45) is 0 Å². The molecular formula is C23H36N4O2S. The number of aryl methyl sites for hydroxylation is 2. The van der Waals surface area contributed by atoms with Crippen LogP contribution in [0.4, 0.5) is 5.13 Å². The van der Waals surface area contributed by atoms with E-state index < -0.39 is 5.97 Å². The van der Waals surface area contributed by atoms with Crippen LogP contribution in [0.15, 0.2) is 23.6 Å². The number of rotatable bonds is 7. The van der Waals surface area contributed by atoms with Crippen molar-refractivity contribution in [1.82, 2.24) is 14.8 Å². The van der Waals surface area contributed by atoms with Crippen molar-refractivity contribution in [3.63, 3.8) is 0 Å². The van der Waals surface area contributed by atoms with Gasteiger partial charge in [0.1, 0.15) is 0 Å². The fraction of sp³-hybridized carbons (Fsp3) is 0.565. The maximum absolute atomic E-state index is 10.9. The molecule has 166 valence electrons. The summed E-state index contributed by atoms with van der Waals surface area (Å²) >= 11 is 1.41. The van der Waals surface area contributed by atoms with Gasteiger partial charge in [-0.1, -0.05) is 44.5 Å². The van der Waals surface area contributed by atoms with Gasteiger partial charge in [-0.25, -0.2) is 9.78 Å². The lowest BCUT2D eigenvalue weighted by Gasteiger charge is -2.34. The largest absolute Gasteiger partial charge is 0.476 e. The van der Waals surface area contributed by atoms with E-state index in [1.807, 2.05) is 0 Å². The Morgan fingerprint density at radius 2 is 1.73 bits per heavy atom. The molecular weight excluding hydrogens is 396 g/mol. The highest BCUT2D eigenvalue weighted by Crippen LogP contribution is 2.23. The van der Waals surface area contributed by atoms with Gasteiger partial charge in [-0.05, 0) is 44.6 Å². The number of anilines is 1. The lowest BCUT2D eigenvalue weighted by Crippen LogP contribution is -2.46. The van der Waals surface area contributed by atoms with Crippen LogP contribution in [0.5, 0.6) is 0 Å². The van der Waals surface area contributed by atoms with Crippen LogP contribution in [-0.2, 0) is 6.54 Å². The van der Waals surface area contributed by atoms with Gasteiger partial charge in [0.25, 0.3) is 0 Å². The van der Waals surface area contributed by atoms with Crippen molar-refractivity contribution in [2.45, 2.75) is 41.2 Å². The summed E-state index contributed by atoms with van der Waals surface area (Å²) in [6, 6.07) is 6.60. The molecule has 0 saturated carbocycles. The third-order valence-electron chi connectivity index (χ3n) is 5.59. The highest BCUT2D eigenvalue weighted by atomic mass is 32.1. The molecule has 2 aromatic rings. The van der Waals surface area contributed by atoms with Crippen LogP contribution >= 0.6 is 11.3 Å². The Morgan fingerprint density at radius 1 is 1.10 bits per heavy atom. The molecule has 0 bridgehead atoms. The molecule has 1 saturated heterocycles. The molecule has 1 aliphatic rings. The van der Waals surface area contributed by atoms with E-state index in [1.54, 1.807) is 5.38 Å². The van der Waals surface area contributed by atoms with E-state index >= 15 is 0 Å². The number of aromatic nitrogens is 1. The van der Waals surface area contributed by atoms with Gasteiger partial charge in [0.05, 0.1) is 0 Å². The summed E-state index contributed by atoms with van der Waals surface area (Å²) in [5, 5.41) is 11.4. The first-order valence-corrected chi connectivity index (χ1v) is 11.7. The zero-order chi connectivity index (χ0) is 22.1. The summed E-state index contributed by atoms with van der Waals surface area (Å²) in [6.07, 6.45) is 0. The molecule has 7 heteroatoms. The molecule has 1 aliphatic heterocycles. The number of hydrogen-bond acceptors (Lipinski definition) is 6. The maximum Gasteiger partial charge on any atom is 0.355 e. The first-order valence-electron chi connectivity index (χ1n) is 10.8. The minimum Gasteiger partial charge on any atom is -0.476 e. The van der Waals surface area contributed by atoms with E-state index in [4.69, 9.17) is 5.11 Å². The summed E-state index contributed by atoms with van der Waals surface area (Å²) < 4.78 is 0. The third-order valence-corrected chi connectivity index (χ3v) is 6.50. The molecule has 2 heterocycles. The van der Waals surface area contributed by atoms with Crippen LogP contribution in [0.1, 0.15) is 48.0 Å². The Morgan fingerprint density at radius 3 is 2.23 bits per heavy atom. The van der Waals surface area contributed by atoms with Crippen molar-refractivity contribution in [1.29, 1.82) is 0 Å². The fourth-order valence-electron chi connectivity index (χ4n) is 3.49. The zero-order valence-corrected chi connectivity index (χ0v) is 19.8. The first kappa shape index (κ1) is 24.3. The predicted octanol–water partition coefficient (Wildman–Crippen LogP) is 4.13. The summed E-state index contributed by atoms with van der Waals surface area (Å²) in [5.41, 5.74) is 4.17. The highest BCUT2D eigenvalue weighted by Gasteiger charge is 2.21. The van der Waals surface area contributed by atoms with Crippen LogP contribution in [0.25, 0.3) is 0 Å². The van der Waals surface area contributed by atoms with Gasteiger partial charge in [-0.2, -0.15) is 0 Å². The predicted molar refractivity (Wildman–Crippen MR) is 126 cm³/mol. The standard InChI is InChI=1S/C17H21N3O2S.C6H15N/c1-12-3-4-13(2)14(9-12)10-19-5-7-20(8-6-19)17-18-15(11-23-17)16(21)22;1-4-7(5-2)6-3/h3-4,9,11H,5-8,10H2,1-2H3,(H,21,22);4-6H2,1-3H3. The Balaban J connectivity index is 0.000000396. The number of piperazine rings is 1. The molecule has 0 amide bonds. The average molecular weight is 433 g/mol. The molecule has 30 heavy (non-hydrogen) atoms. The molecule has 0 atom stereocenters. The third kappa shape index (κ3) is 7.07. The molecule has 1 fully saturated rings.